The fourth-order valence-electron chi connectivity index (χ4n) is 3.41. The third-order valence-corrected chi connectivity index (χ3v) is 6.80. The van der Waals surface area contributed by atoms with Gasteiger partial charge in [0.25, 0.3) is 0 Å². The Morgan fingerprint density at radius 1 is 1.18 bits per heavy atom. The first-order valence-electron chi connectivity index (χ1n) is 9.35. The molecule has 0 bridgehead atoms. The number of rotatable bonds is 6. The van der Waals surface area contributed by atoms with E-state index in [1.54, 1.807) is 0 Å². The van der Waals surface area contributed by atoms with Gasteiger partial charge in [-0.3, -0.25) is 4.79 Å². The molecule has 0 radical (unpaired) electrons. The molecule has 0 unspecified atom stereocenters. The average Bonchev–Trinajstić information content (AvgIpc) is 3.16. The highest BCUT2D eigenvalue weighted by Crippen LogP contribution is 2.31. The molecule has 1 aliphatic carbocycles. The summed E-state index contributed by atoms with van der Waals surface area (Å²) < 4.78 is 0.787. The number of nitrogens with one attached hydrogen (secondary N) is 2. The third-order valence-electron chi connectivity index (χ3n) is 4.82. The monoisotopic (exact) mass is 410 g/mol. The highest BCUT2D eigenvalue weighted by molar-refractivity contribution is 8.01. The number of hydrogen-bond donors (Lipinski definition) is 2. The maximum absolute atomic E-state index is 12.4. The van der Waals surface area contributed by atoms with Crippen LogP contribution in [0, 0.1) is 6.92 Å². The standard InChI is InChI=1S/C21H22N4OS2/c1-14-7-2-5-11-17(14)23-20-24-25-21(28-20)27-13-19(26)22-18-12-6-9-15-8-3-4-10-16(15)18/h2-5,7-8,10-11,18H,6,9,12-13H2,1H3,(H,22,26)(H,23,24)/t18-/m1/s1. The van der Waals surface area contributed by atoms with Gasteiger partial charge >= 0.3 is 0 Å². The molecule has 5 nitrogen and oxygen atoms in total. The van der Waals surface area contributed by atoms with Crippen molar-refractivity contribution in [1.82, 2.24) is 15.5 Å². The van der Waals surface area contributed by atoms with Crippen LogP contribution in [0.5, 0.6) is 0 Å². The van der Waals surface area contributed by atoms with Crippen LogP contribution in [0.2, 0.25) is 0 Å². The van der Waals surface area contributed by atoms with Crippen LogP contribution in [0.4, 0.5) is 10.8 Å². The molecular weight excluding hydrogens is 388 g/mol. The second-order valence-electron chi connectivity index (χ2n) is 6.81. The Bertz CT molecular complexity index is 972. The lowest BCUT2D eigenvalue weighted by molar-refractivity contribution is -0.119. The SMILES string of the molecule is Cc1ccccc1Nc1nnc(SCC(=O)N[C@@H]2CCCc3ccccc32)s1. The molecule has 0 fully saturated rings. The topological polar surface area (TPSA) is 66.9 Å². The lowest BCUT2D eigenvalue weighted by Crippen LogP contribution is -2.32. The largest absolute Gasteiger partial charge is 0.349 e. The van der Waals surface area contributed by atoms with Crippen LogP contribution in [0.25, 0.3) is 0 Å². The van der Waals surface area contributed by atoms with Crippen molar-refractivity contribution in [2.45, 2.75) is 36.6 Å². The highest BCUT2D eigenvalue weighted by Gasteiger charge is 2.21. The third kappa shape index (κ3) is 4.54. The predicted molar refractivity (Wildman–Crippen MR) is 115 cm³/mol. The summed E-state index contributed by atoms with van der Waals surface area (Å²) in [5.74, 6) is 0.382. The van der Waals surface area contributed by atoms with E-state index in [1.165, 1.54) is 34.2 Å². The van der Waals surface area contributed by atoms with Crippen molar-refractivity contribution in [1.29, 1.82) is 0 Å². The average molecular weight is 411 g/mol. The van der Waals surface area contributed by atoms with E-state index in [0.717, 1.165) is 40.0 Å². The van der Waals surface area contributed by atoms with Gasteiger partial charge < -0.3 is 10.6 Å². The van der Waals surface area contributed by atoms with E-state index in [-0.39, 0.29) is 11.9 Å². The zero-order chi connectivity index (χ0) is 19.3. The van der Waals surface area contributed by atoms with Crippen molar-refractivity contribution in [2.75, 3.05) is 11.1 Å². The Morgan fingerprint density at radius 2 is 2.00 bits per heavy atom. The van der Waals surface area contributed by atoms with Crippen molar-refractivity contribution >= 4 is 39.8 Å². The number of carbonyl (C=O) groups excluding carboxylic acids is 1. The molecule has 3 aromatic rings. The number of nitrogens with zero attached hydrogens (tertiary/aromatic N) is 2. The second kappa shape index (κ2) is 8.75. The quantitative estimate of drug-likeness (QED) is 0.567. The van der Waals surface area contributed by atoms with Gasteiger partial charge in [0.05, 0.1) is 11.8 Å². The van der Waals surface area contributed by atoms with Gasteiger partial charge in [0.15, 0.2) is 4.34 Å². The number of amides is 1. The highest BCUT2D eigenvalue weighted by atomic mass is 32.2. The molecule has 0 saturated carbocycles. The molecule has 7 heteroatoms. The number of hydrogen-bond acceptors (Lipinski definition) is 6. The Kier molecular flexibility index (Phi) is 5.92. The van der Waals surface area contributed by atoms with E-state index in [9.17, 15) is 4.79 Å². The summed E-state index contributed by atoms with van der Waals surface area (Å²) in [5.41, 5.74) is 4.78. The summed E-state index contributed by atoms with van der Waals surface area (Å²) >= 11 is 2.89. The first kappa shape index (κ1) is 19.0. The summed E-state index contributed by atoms with van der Waals surface area (Å²) in [4.78, 5) is 12.4. The molecule has 1 heterocycles. The Balaban J connectivity index is 1.31. The first-order chi connectivity index (χ1) is 13.7. The molecule has 1 atom stereocenters. The molecule has 0 aliphatic heterocycles. The van der Waals surface area contributed by atoms with Crippen LogP contribution >= 0.6 is 23.1 Å². The number of aromatic nitrogens is 2. The summed E-state index contributed by atoms with van der Waals surface area (Å²) in [7, 11) is 0. The number of benzene rings is 2. The van der Waals surface area contributed by atoms with Gasteiger partial charge in [-0.15, -0.1) is 10.2 Å². The van der Waals surface area contributed by atoms with Crippen LogP contribution in [-0.4, -0.2) is 21.9 Å². The molecule has 28 heavy (non-hydrogen) atoms. The van der Waals surface area contributed by atoms with Gasteiger partial charge in [-0.1, -0.05) is 65.6 Å². The minimum Gasteiger partial charge on any atom is -0.349 e. The van der Waals surface area contributed by atoms with E-state index in [1.807, 2.05) is 37.3 Å². The van der Waals surface area contributed by atoms with Crippen LogP contribution in [0.3, 0.4) is 0 Å². The lowest BCUT2D eigenvalue weighted by atomic mass is 9.88. The van der Waals surface area contributed by atoms with Crippen LogP contribution < -0.4 is 10.6 Å². The summed E-state index contributed by atoms with van der Waals surface area (Å²) in [6, 6.07) is 16.6. The maximum Gasteiger partial charge on any atom is 0.230 e. The van der Waals surface area contributed by atoms with Gasteiger partial charge in [0, 0.05) is 5.69 Å². The zero-order valence-electron chi connectivity index (χ0n) is 15.6. The Morgan fingerprint density at radius 3 is 2.89 bits per heavy atom. The molecule has 1 amide bonds. The Hall–Kier alpha value is -2.38. The summed E-state index contributed by atoms with van der Waals surface area (Å²) in [6.07, 6.45) is 3.20. The van der Waals surface area contributed by atoms with Gasteiger partial charge in [-0.05, 0) is 48.9 Å². The number of para-hydroxylation sites is 1. The molecule has 2 N–H and O–H groups in total. The molecule has 0 spiro atoms. The minimum atomic E-state index is 0.0373. The second-order valence-corrected chi connectivity index (χ2v) is 9.01. The molecule has 1 aromatic heterocycles. The van der Waals surface area contributed by atoms with Gasteiger partial charge in [-0.25, -0.2) is 0 Å². The van der Waals surface area contributed by atoms with Gasteiger partial charge in [0.1, 0.15) is 0 Å². The number of fused-ring (bicyclic) bond motifs is 1. The molecule has 1 aliphatic rings. The van der Waals surface area contributed by atoms with Gasteiger partial charge in [-0.2, -0.15) is 0 Å². The van der Waals surface area contributed by atoms with E-state index in [4.69, 9.17) is 0 Å². The van der Waals surface area contributed by atoms with E-state index < -0.39 is 0 Å². The molecular formula is C21H22N4OS2. The molecule has 4 rings (SSSR count). The lowest BCUT2D eigenvalue weighted by Gasteiger charge is -2.26. The summed E-state index contributed by atoms with van der Waals surface area (Å²) in [5, 5.41) is 15.6. The predicted octanol–water partition coefficient (Wildman–Crippen LogP) is 4.88. The summed E-state index contributed by atoms with van der Waals surface area (Å²) in [6.45, 7) is 2.05. The number of thioether (sulfide) groups is 1. The number of anilines is 2. The number of carbonyl (C=O) groups is 1. The molecule has 0 saturated heterocycles. The van der Waals surface area contributed by atoms with Crippen LogP contribution in [0.15, 0.2) is 52.9 Å². The zero-order valence-corrected chi connectivity index (χ0v) is 17.3. The minimum absolute atomic E-state index is 0.0373. The maximum atomic E-state index is 12.4. The van der Waals surface area contributed by atoms with Crippen molar-refractivity contribution in [3.05, 3.63) is 65.2 Å². The van der Waals surface area contributed by atoms with Crippen LogP contribution in [0.1, 0.15) is 35.6 Å². The normalized spacial score (nSPS) is 15.7. The van der Waals surface area contributed by atoms with E-state index >= 15 is 0 Å². The number of aryl methyl sites for hydroxylation is 2. The van der Waals surface area contributed by atoms with Crippen molar-refractivity contribution in [3.63, 3.8) is 0 Å². The van der Waals surface area contributed by atoms with E-state index in [2.05, 4.69) is 39.0 Å². The molecule has 144 valence electrons. The van der Waals surface area contributed by atoms with Crippen molar-refractivity contribution in [2.24, 2.45) is 0 Å². The van der Waals surface area contributed by atoms with Crippen LogP contribution in [-0.2, 0) is 11.2 Å². The fraction of sp³-hybridized carbons (Fsp3) is 0.286. The van der Waals surface area contributed by atoms with Crippen molar-refractivity contribution < 1.29 is 4.79 Å². The van der Waals surface area contributed by atoms with Crippen molar-refractivity contribution in [3.8, 4) is 0 Å². The molecule has 2 aromatic carbocycles. The van der Waals surface area contributed by atoms with E-state index in [0.29, 0.717) is 5.75 Å². The Labute approximate surface area is 173 Å². The van der Waals surface area contributed by atoms with Gasteiger partial charge in [0.2, 0.25) is 11.0 Å². The fourth-order valence-corrected chi connectivity index (χ4v) is 4.99. The first-order valence-corrected chi connectivity index (χ1v) is 11.2. The smallest absolute Gasteiger partial charge is 0.230 e.